The van der Waals surface area contributed by atoms with Gasteiger partial charge in [-0.15, -0.1) is 0 Å². The maximum atomic E-state index is 11.2. The summed E-state index contributed by atoms with van der Waals surface area (Å²) in [4.78, 5) is 21.6. The van der Waals surface area contributed by atoms with Crippen molar-refractivity contribution in [3.63, 3.8) is 0 Å². The highest BCUT2D eigenvalue weighted by Gasteiger charge is 2.30. The molecule has 1 aromatic heterocycles. The molecule has 0 aromatic carbocycles. The van der Waals surface area contributed by atoms with E-state index >= 15 is 0 Å². The molecule has 1 heterocycles. The average Bonchev–Trinajstić information content (AvgIpc) is 2.39. The van der Waals surface area contributed by atoms with Crippen LogP contribution in [0.25, 0.3) is 0 Å². The van der Waals surface area contributed by atoms with Gasteiger partial charge in [0.15, 0.2) is 0 Å². The van der Waals surface area contributed by atoms with E-state index in [4.69, 9.17) is 0 Å². The van der Waals surface area contributed by atoms with Crippen LogP contribution in [0.4, 0.5) is 11.8 Å². The van der Waals surface area contributed by atoms with Crippen LogP contribution in [0.1, 0.15) is 25.7 Å². The molecule has 0 spiro atoms. The zero-order valence-electron chi connectivity index (χ0n) is 11.3. The van der Waals surface area contributed by atoms with Gasteiger partial charge in [0.1, 0.15) is 5.82 Å². The van der Waals surface area contributed by atoms with Crippen molar-refractivity contribution in [1.82, 2.24) is 9.97 Å². The predicted octanol–water partition coefficient (Wildman–Crippen LogP) is 1.60. The fraction of sp³-hybridized carbons (Fsp3) is 0.615. The molecule has 6 heteroatoms. The highest BCUT2D eigenvalue weighted by atomic mass is 16.4. The number of carbonyl (C=O) groups is 1. The van der Waals surface area contributed by atoms with Gasteiger partial charge in [-0.05, 0) is 18.9 Å². The Morgan fingerprint density at radius 3 is 2.84 bits per heavy atom. The first kappa shape index (κ1) is 13.6. The van der Waals surface area contributed by atoms with Gasteiger partial charge in [-0.1, -0.05) is 12.8 Å². The van der Waals surface area contributed by atoms with Crippen LogP contribution in [0.5, 0.6) is 0 Å². The van der Waals surface area contributed by atoms with Gasteiger partial charge in [0.25, 0.3) is 0 Å². The molecule has 1 aromatic rings. The molecular formula is C13H20N4O2. The summed E-state index contributed by atoms with van der Waals surface area (Å²) in [5.41, 5.74) is 0. The van der Waals surface area contributed by atoms with Crippen molar-refractivity contribution >= 4 is 17.7 Å². The van der Waals surface area contributed by atoms with Crippen molar-refractivity contribution in [2.24, 2.45) is 5.92 Å². The molecule has 0 amide bonds. The smallest absolute Gasteiger partial charge is 0.308 e. The van der Waals surface area contributed by atoms with Crippen LogP contribution in [-0.4, -0.2) is 41.2 Å². The Balaban J connectivity index is 2.10. The Labute approximate surface area is 112 Å². The largest absolute Gasteiger partial charge is 0.481 e. The molecule has 0 aliphatic heterocycles. The van der Waals surface area contributed by atoms with E-state index in [0.717, 1.165) is 25.7 Å². The molecule has 0 saturated heterocycles. The van der Waals surface area contributed by atoms with Crippen LogP contribution in [-0.2, 0) is 4.79 Å². The molecule has 1 fully saturated rings. The molecule has 1 aliphatic rings. The van der Waals surface area contributed by atoms with Gasteiger partial charge in [0, 0.05) is 26.3 Å². The lowest BCUT2D eigenvalue weighted by atomic mass is 9.84. The van der Waals surface area contributed by atoms with Crippen molar-refractivity contribution in [2.75, 3.05) is 24.3 Å². The number of nitrogens with zero attached hydrogens (tertiary/aromatic N) is 3. The molecule has 0 bridgehead atoms. The lowest BCUT2D eigenvalue weighted by molar-refractivity contribution is -0.143. The Bertz CT molecular complexity index is 450. The summed E-state index contributed by atoms with van der Waals surface area (Å²) in [7, 11) is 3.75. The second-order valence-electron chi connectivity index (χ2n) is 5.12. The summed E-state index contributed by atoms with van der Waals surface area (Å²) in [6.45, 7) is 0. The van der Waals surface area contributed by atoms with Gasteiger partial charge >= 0.3 is 5.97 Å². The molecule has 104 valence electrons. The Hall–Kier alpha value is -1.85. The monoisotopic (exact) mass is 264 g/mol. The van der Waals surface area contributed by atoms with Gasteiger partial charge in [-0.3, -0.25) is 4.79 Å². The Morgan fingerprint density at radius 2 is 2.16 bits per heavy atom. The summed E-state index contributed by atoms with van der Waals surface area (Å²) in [5, 5.41) is 12.5. The van der Waals surface area contributed by atoms with E-state index in [1.165, 1.54) is 0 Å². The van der Waals surface area contributed by atoms with Crippen LogP contribution in [0.3, 0.4) is 0 Å². The van der Waals surface area contributed by atoms with Crippen molar-refractivity contribution < 1.29 is 9.90 Å². The van der Waals surface area contributed by atoms with Crippen LogP contribution >= 0.6 is 0 Å². The topological polar surface area (TPSA) is 78.4 Å². The van der Waals surface area contributed by atoms with Crippen LogP contribution in [0, 0.1) is 5.92 Å². The van der Waals surface area contributed by atoms with Gasteiger partial charge in [0.05, 0.1) is 5.92 Å². The SMILES string of the molecule is CN(C)c1nccc(NC2CCCCC2C(=O)O)n1. The van der Waals surface area contributed by atoms with Crippen molar-refractivity contribution in [3.05, 3.63) is 12.3 Å². The molecule has 6 nitrogen and oxygen atoms in total. The molecule has 0 radical (unpaired) electrons. The summed E-state index contributed by atoms with van der Waals surface area (Å²) >= 11 is 0. The average molecular weight is 264 g/mol. The minimum Gasteiger partial charge on any atom is -0.481 e. The van der Waals surface area contributed by atoms with Gasteiger partial charge < -0.3 is 15.3 Å². The number of aliphatic carboxylic acids is 1. The van der Waals surface area contributed by atoms with Gasteiger partial charge in [-0.25, -0.2) is 4.98 Å². The quantitative estimate of drug-likeness (QED) is 0.860. The summed E-state index contributed by atoms with van der Waals surface area (Å²) in [6.07, 6.45) is 5.34. The molecule has 2 N–H and O–H groups in total. The first-order valence-electron chi connectivity index (χ1n) is 6.57. The first-order valence-corrected chi connectivity index (χ1v) is 6.57. The lowest BCUT2D eigenvalue weighted by Crippen LogP contribution is -2.37. The highest BCUT2D eigenvalue weighted by Crippen LogP contribution is 2.27. The zero-order valence-corrected chi connectivity index (χ0v) is 11.3. The van der Waals surface area contributed by atoms with E-state index < -0.39 is 5.97 Å². The normalized spacial score (nSPS) is 22.8. The first-order chi connectivity index (χ1) is 9.08. The second-order valence-corrected chi connectivity index (χ2v) is 5.12. The number of rotatable bonds is 4. The minimum absolute atomic E-state index is 0.0452. The number of carboxylic acid groups (broad SMARTS) is 1. The Kier molecular flexibility index (Phi) is 4.19. The molecule has 2 rings (SSSR count). The molecule has 1 saturated carbocycles. The van der Waals surface area contributed by atoms with E-state index in [1.807, 2.05) is 19.0 Å². The number of aromatic nitrogens is 2. The molecule has 2 unspecified atom stereocenters. The fourth-order valence-corrected chi connectivity index (χ4v) is 2.43. The van der Waals surface area contributed by atoms with Crippen LogP contribution in [0.2, 0.25) is 0 Å². The maximum absolute atomic E-state index is 11.2. The van der Waals surface area contributed by atoms with E-state index in [2.05, 4.69) is 15.3 Å². The van der Waals surface area contributed by atoms with E-state index in [-0.39, 0.29) is 12.0 Å². The minimum atomic E-state index is -0.723. The predicted molar refractivity (Wildman–Crippen MR) is 73.4 cm³/mol. The van der Waals surface area contributed by atoms with Crippen molar-refractivity contribution in [2.45, 2.75) is 31.7 Å². The van der Waals surface area contributed by atoms with Crippen LogP contribution < -0.4 is 10.2 Å². The molecule has 2 atom stereocenters. The third-order valence-corrected chi connectivity index (χ3v) is 3.46. The number of anilines is 2. The number of carboxylic acids is 1. The third kappa shape index (κ3) is 3.33. The molecule has 19 heavy (non-hydrogen) atoms. The van der Waals surface area contributed by atoms with Crippen molar-refractivity contribution in [3.8, 4) is 0 Å². The van der Waals surface area contributed by atoms with E-state index in [1.54, 1.807) is 12.3 Å². The number of hydrogen-bond acceptors (Lipinski definition) is 5. The fourth-order valence-electron chi connectivity index (χ4n) is 2.43. The lowest BCUT2D eigenvalue weighted by Gasteiger charge is -2.29. The Morgan fingerprint density at radius 1 is 1.42 bits per heavy atom. The van der Waals surface area contributed by atoms with Gasteiger partial charge in [0.2, 0.25) is 5.95 Å². The summed E-state index contributed by atoms with van der Waals surface area (Å²) in [6, 6.07) is 1.73. The third-order valence-electron chi connectivity index (χ3n) is 3.46. The van der Waals surface area contributed by atoms with E-state index in [9.17, 15) is 9.90 Å². The summed E-state index contributed by atoms with van der Waals surface area (Å²) in [5.74, 6) is 0.259. The number of nitrogens with one attached hydrogen (secondary N) is 1. The van der Waals surface area contributed by atoms with Crippen LogP contribution in [0.15, 0.2) is 12.3 Å². The van der Waals surface area contributed by atoms with E-state index in [0.29, 0.717) is 11.8 Å². The standard InChI is InChI=1S/C13H20N4O2/c1-17(2)13-14-8-7-11(16-13)15-10-6-4-3-5-9(10)12(18)19/h7-10H,3-6H2,1-2H3,(H,18,19)(H,14,15,16). The zero-order chi connectivity index (χ0) is 13.8. The highest BCUT2D eigenvalue weighted by molar-refractivity contribution is 5.71. The maximum Gasteiger partial charge on any atom is 0.308 e. The van der Waals surface area contributed by atoms with Gasteiger partial charge in [-0.2, -0.15) is 4.98 Å². The number of hydrogen-bond donors (Lipinski definition) is 2. The second kappa shape index (κ2) is 5.86. The van der Waals surface area contributed by atoms with Crippen molar-refractivity contribution in [1.29, 1.82) is 0 Å². The molecular weight excluding hydrogens is 244 g/mol. The summed E-state index contributed by atoms with van der Waals surface area (Å²) < 4.78 is 0. The molecule has 1 aliphatic carbocycles.